The second kappa shape index (κ2) is 3.37. The van der Waals surface area contributed by atoms with Gasteiger partial charge in [0.1, 0.15) is 5.75 Å². The van der Waals surface area contributed by atoms with Crippen molar-refractivity contribution in [3.8, 4) is 5.75 Å². The van der Waals surface area contributed by atoms with Crippen molar-refractivity contribution < 1.29 is 9.63 Å². The van der Waals surface area contributed by atoms with E-state index in [1.807, 2.05) is 0 Å². The molecule has 2 N–H and O–H groups in total. The molecule has 1 aromatic heterocycles. The Bertz CT molecular complexity index is 487. The minimum atomic E-state index is -0.588. The summed E-state index contributed by atoms with van der Waals surface area (Å²) in [6.07, 6.45) is 0.346. The number of H-pyrrole nitrogens is 1. The molecule has 5 heteroatoms. The van der Waals surface area contributed by atoms with Gasteiger partial charge in [-0.1, -0.05) is 23.4 Å². The van der Waals surface area contributed by atoms with Crippen molar-refractivity contribution in [2.24, 2.45) is 0 Å². The molecule has 14 heavy (non-hydrogen) atoms. The number of benzene rings is 1. The van der Waals surface area contributed by atoms with Gasteiger partial charge in [-0.05, 0) is 6.07 Å². The van der Waals surface area contributed by atoms with E-state index in [-0.39, 0.29) is 5.75 Å². The Kier molecular flexibility index (Phi) is 2.06. The zero-order valence-corrected chi connectivity index (χ0v) is 7.23. The van der Waals surface area contributed by atoms with Gasteiger partial charge in [0, 0.05) is 12.0 Å². The lowest BCUT2D eigenvalue weighted by atomic mass is 10.1. The molecule has 0 aliphatic heterocycles. The van der Waals surface area contributed by atoms with Gasteiger partial charge in [-0.3, -0.25) is 9.51 Å². The van der Waals surface area contributed by atoms with Crippen LogP contribution < -0.4 is 5.76 Å². The Balaban J connectivity index is 2.27. The monoisotopic (exact) mass is 192 g/mol. The molecule has 2 aromatic rings. The maximum absolute atomic E-state index is 10.6. The van der Waals surface area contributed by atoms with Gasteiger partial charge in [0.15, 0.2) is 5.82 Å². The molecule has 0 atom stereocenters. The predicted octanol–water partition coefficient (Wildman–Crippen LogP) is 0.659. The summed E-state index contributed by atoms with van der Waals surface area (Å²) in [6.45, 7) is 0. The number of aromatic amines is 1. The Morgan fingerprint density at radius 3 is 2.86 bits per heavy atom. The molecule has 2 rings (SSSR count). The van der Waals surface area contributed by atoms with Crippen molar-refractivity contribution in [2.75, 3.05) is 0 Å². The first-order valence-corrected chi connectivity index (χ1v) is 4.07. The van der Waals surface area contributed by atoms with Crippen molar-refractivity contribution in [3.63, 3.8) is 0 Å². The molecule has 0 amide bonds. The largest absolute Gasteiger partial charge is 0.508 e. The van der Waals surface area contributed by atoms with E-state index < -0.39 is 5.76 Å². The summed E-state index contributed by atoms with van der Waals surface area (Å²) in [6, 6.07) is 6.85. The highest BCUT2D eigenvalue weighted by Gasteiger charge is 2.05. The molecule has 0 spiro atoms. The highest BCUT2D eigenvalue weighted by atomic mass is 16.5. The Hall–Kier alpha value is -2.04. The lowest BCUT2D eigenvalue weighted by molar-refractivity contribution is 0.382. The van der Waals surface area contributed by atoms with Crippen molar-refractivity contribution in [1.29, 1.82) is 0 Å². The van der Waals surface area contributed by atoms with Crippen LogP contribution in [0.25, 0.3) is 0 Å². The highest BCUT2D eigenvalue weighted by Crippen LogP contribution is 2.17. The van der Waals surface area contributed by atoms with Crippen LogP contribution >= 0.6 is 0 Å². The quantitative estimate of drug-likeness (QED) is 0.732. The molecule has 1 aromatic carbocycles. The van der Waals surface area contributed by atoms with Crippen molar-refractivity contribution >= 4 is 0 Å². The van der Waals surface area contributed by atoms with E-state index in [1.54, 1.807) is 24.3 Å². The average Bonchev–Trinajstić information content (AvgIpc) is 2.56. The molecule has 1 heterocycles. The minimum Gasteiger partial charge on any atom is -0.508 e. The normalized spacial score (nSPS) is 10.3. The molecule has 0 bridgehead atoms. The van der Waals surface area contributed by atoms with E-state index in [4.69, 9.17) is 0 Å². The summed E-state index contributed by atoms with van der Waals surface area (Å²) in [4.78, 5) is 13.0. The highest BCUT2D eigenvalue weighted by molar-refractivity contribution is 5.33. The van der Waals surface area contributed by atoms with Gasteiger partial charge in [-0.2, -0.15) is 0 Å². The van der Waals surface area contributed by atoms with Gasteiger partial charge >= 0.3 is 5.76 Å². The molecule has 0 aliphatic carbocycles. The average molecular weight is 192 g/mol. The molecule has 0 saturated heterocycles. The number of phenolic OH excluding ortho intramolecular Hbond substituents is 1. The molecule has 5 nitrogen and oxygen atoms in total. The van der Waals surface area contributed by atoms with E-state index in [9.17, 15) is 9.90 Å². The van der Waals surface area contributed by atoms with Crippen molar-refractivity contribution in [1.82, 2.24) is 10.1 Å². The van der Waals surface area contributed by atoms with E-state index in [2.05, 4.69) is 14.7 Å². The first kappa shape index (κ1) is 8.55. The van der Waals surface area contributed by atoms with Crippen LogP contribution in [-0.4, -0.2) is 15.2 Å². The van der Waals surface area contributed by atoms with E-state index in [0.29, 0.717) is 17.8 Å². The molecular weight excluding hydrogens is 184 g/mol. The zero-order valence-electron chi connectivity index (χ0n) is 7.23. The number of para-hydroxylation sites is 1. The number of hydrogen-bond donors (Lipinski definition) is 2. The number of hydrogen-bond acceptors (Lipinski definition) is 4. The number of aromatic nitrogens is 2. The first-order chi connectivity index (χ1) is 6.75. The van der Waals surface area contributed by atoms with E-state index >= 15 is 0 Å². The van der Waals surface area contributed by atoms with Crippen LogP contribution in [0, 0.1) is 0 Å². The summed E-state index contributed by atoms with van der Waals surface area (Å²) in [7, 11) is 0. The first-order valence-electron chi connectivity index (χ1n) is 4.07. The topological polar surface area (TPSA) is 79.1 Å². The van der Waals surface area contributed by atoms with E-state index in [1.165, 1.54) is 0 Å². The summed E-state index contributed by atoms with van der Waals surface area (Å²) in [5.74, 6) is -0.0109. The van der Waals surface area contributed by atoms with Gasteiger partial charge in [0.2, 0.25) is 0 Å². The molecule has 72 valence electrons. The third-order valence-corrected chi connectivity index (χ3v) is 1.83. The molecule has 0 saturated carbocycles. The fourth-order valence-electron chi connectivity index (χ4n) is 1.18. The van der Waals surface area contributed by atoms with Crippen LogP contribution in [0.3, 0.4) is 0 Å². The van der Waals surface area contributed by atoms with Crippen LogP contribution in [0.2, 0.25) is 0 Å². The summed E-state index contributed by atoms with van der Waals surface area (Å²) in [5.41, 5.74) is 0.692. The number of aromatic hydroxyl groups is 1. The van der Waals surface area contributed by atoms with Crippen molar-refractivity contribution in [3.05, 3.63) is 46.2 Å². The molecular formula is C9H8N2O3. The standard InChI is InChI=1S/C9H8N2O3/c12-7-4-2-1-3-6(7)5-8-10-9(13)14-11-8/h1-4,12H,5H2,(H,10,11,13). The Morgan fingerprint density at radius 1 is 1.43 bits per heavy atom. The van der Waals surface area contributed by atoms with Gasteiger partial charge in [-0.25, -0.2) is 4.79 Å². The molecule has 0 fully saturated rings. The third-order valence-electron chi connectivity index (χ3n) is 1.83. The fraction of sp³-hybridized carbons (Fsp3) is 0.111. The summed E-state index contributed by atoms with van der Waals surface area (Å²) in [5, 5.41) is 12.9. The van der Waals surface area contributed by atoms with E-state index in [0.717, 1.165) is 0 Å². The Labute approximate surface area is 79.0 Å². The lowest BCUT2D eigenvalue weighted by Crippen LogP contribution is -1.98. The molecule has 0 unspecified atom stereocenters. The molecule has 0 aliphatic rings. The summed E-state index contributed by atoms with van der Waals surface area (Å²) >= 11 is 0. The van der Waals surface area contributed by atoms with Crippen LogP contribution in [0.5, 0.6) is 5.75 Å². The predicted molar refractivity (Wildman–Crippen MR) is 48.0 cm³/mol. The fourth-order valence-corrected chi connectivity index (χ4v) is 1.18. The number of phenols is 1. The third kappa shape index (κ3) is 1.66. The van der Waals surface area contributed by atoms with Gasteiger partial charge < -0.3 is 5.11 Å². The van der Waals surface area contributed by atoms with Crippen LogP contribution in [-0.2, 0) is 6.42 Å². The summed E-state index contributed by atoms with van der Waals surface area (Å²) < 4.78 is 4.33. The van der Waals surface area contributed by atoms with Crippen LogP contribution in [0.4, 0.5) is 0 Å². The number of nitrogens with zero attached hydrogens (tertiary/aromatic N) is 1. The van der Waals surface area contributed by atoms with Gasteiger partial charge in [0.05, 0.1) is 0 Å². The van der Waals surface area contributed by atoms with Gasteiger partial charge in [-0.15, -0.1) is 0 Å². The van der Waals surface area contributed by atoms with Crippen molar-refractivity contribution in [2.45, 2.75) is 6.42 Å². The second-order valence-corrected chi connectivity index (χ2v) is 2.85. The zero-order chi connectivity index (χ0) is 9.97. The maximum atomic E-state index is 10.6. The van der Waals surface area contributed by atoms with Gasteiger partial charge in [0.25, 0.3) is 0 Å². The number of nitrogens with one attached hydrogen (secondary N) is 1. The SMILES string of the molecule is O=c1[nH]c(Cc2ccccc2O)no1. The minimum absolute atomic E-state index is 0.177. The van der Waals surface area contributed by atoms with Crippen LogP contribution in [0.1, 0.15) is 11.4 Å². The molecule has 0 radical (unpaired) electrons. The van der Waals surface area contributed by atoms with Crippen LogP contribution in [0.15, 0.2) is 33.6 Å². The maximum Gasteiger partial charge on any atom is 0.438 e. The number of rotatable bonds is 2. The second-order valence-electron chi connectivity index (χ2n) is 2.85. The smallest absolute Gasteiger partial charge is 0.438 e. The lowest BCUT2D eigenvalue weighted by Gasteiger charge is -1.99. The Morgan fingerprint density at radius 2 is 2.21 bits per heavy atom.